The Labute approximate surface area is 132 Å². The molecule has 116 valence electrons. The van der Waals surface area contributed by atoms with Crippen molar-refractivity contribution in [3.8, 4) is 0 Å². The Morgan fingerprint density at radius 1 is 1.41 bits per heavy atom. The normalized spacial score (nSPS) is 10.4. The highest BCUT2D eigenvalue weighted by Gasteiger charge is 2.19. The summed E-state index contributed by atoms with van der Waals surface area (Å²) in [6, 6.07) is 4.54. The lowest BCUT2D eigenvalue weighted by Crippen LogP contribution is -2.25. The minimum Gasteiger partial charge on any atom is -0.352 e. The molecule has 1 aromatic carbocycles. The second-order valence-corrected chi connectivity index (χ2v) is 5.90. The molecule has 0 saturated heterocycles. The first-order valence-electron chi connectivity index (χ1n) is 6.99. The van der Waals surface area contributed by atoms with E-state index in [1.807, 2.05) is 5.38 Å². The van der Waals surface area contributed by atoms with Crippen LogP contribution in [-0.2, 0) is 6.42 Å². The summed E-state index contributed by atoms with van der Waals surface area (Å²) < 4.78 is 0. The van der Waals surface area contributed by atoms with Crippen LogP contribution in [-0.4, -0.2) is 22.4 Å². The molecule has 0 fully saturated rings. The molecule has 1 aromatic heterocycles. The number of nitro groups is 1. The van der Waals surface area contributed by atoms with Gasteiger partial charge in [-0.15, -0.1) is 11.3 Å². The molecule has 7 heteroatoms. The first-order chi connectivity index (χ1) is 10.6. The Morgan fingerprint density at radius 3 is 2.91 bits per heavy atom. The van der Waals surface area contributed by atoms with Crippen LogP contribution in [0.3, 0.4) is 0 Å². The first-order valence-corrected chi connectivity index (χ1v) is 7.87. The second-order valence-electron chi connectivity index (χ2n) is 4.92. The lowest BCUT2D eigenvalue weighted by atomic mass is 10.1. The maximum atomic E-state index is 12.1. The topological polar surface area (TPSA) is 85.1 Å². The largest absolute Gasteiger partial charge is 0.352 e. The third kappa shape index (κ3) is 4.36. The van der Waals surface area contributed by atoms with Crippen LogP contribution in [0, 0.1) is 17.0 Å². The van der Waals surface area contributed by atoms with Crippen molar-refractivity contribution in [2.24, 2.45) is 0 Å². The molecule has 1 amide bonds. The number of carbonyl (C=O) groups is 1. The Bertz CT molecular complexity index is 656. The number of hydrogen-bond donors (Lipinski definition) is 1. The number of nitrogens with one attached hydrogen (secondary N) is 1. The number of carbonyl (C=O) groups excluding carboxylic acids is 1. The molecule has 0 radical (unpaired) electrons. The fourth-order valence-corrected chi connectivity index (χ4v) is 2.73. The van der Waals surface area contributed by atoms with Gasteiger partial charge in [0.1, 0.15) is 5.56 Å². The van der Waals surface area contributed by atoms with E-state index in [9.17, 15) is 14.9 Å². The molecule has 0 aliphatic heterocycles. The predicted molar refractivity (Wildman–Crippen MR) is 85.2 cm³/mol. The molecule has 0 aliphatic rings. The smallest absolute Gasteiger partial charge is 0.282 e. The summed E-state index contributed by atoms with van der Waals surface area (Å²) in [7, 11) is 0. The van der Waals surface area contributed by atoms with Gasteiger partial charge in [-0.05, 0) is 37.8 Å². The summed E-state index contributed by atoms with van der Waals surface area (Å²) in [6.07, 6.45) is 4.39. The van der Waals surface area contributed by atoms with Crippen molar-refractivity contribution in [3.05, 3.63) is 56.0 Å². The molecule has 0 bridgehead atoms. The highest BCUT2D eigenvalue weighted by molar-refractivity contribution is 7.09. The third-order valence-electron chi connectivity index (χ3n) is 3.18. The molecule has 0 aliphatic carbocycles. The number of aromatic nitrogens is 1. The maximum absolute atomic E-state index is 12.1. The number of thiazole rings is 1. The number of unbranched alkanes of at least 4 members (excludes halogenated alkanes) is 1. The van der Waals surface area contributed by atoms with Crippen LogP contribution in [0.4, 0.5) is 5.69 Å². The molecule has 0 saturated carbocycles. The van der Waals surface area contributed by atoms with Gasteiger partial charge in [-0.25, -0.2) is 4.98 Å². The zero-order valence-electron chi connectivity index (χ0n) is 12.2. The van der Waals surface area contributed by atoms with Crippen LogP contribution in [0.1, 0.15) is 33.8 Å². The highest BCUT2D eigenvalue weighted by Crippen LogP contribution is 2.19. The molecular weight excluding hydrogens is 302 g/mol. The van der Waals surface area contributed by atoms with E-state index < -0.39 is 10.8 Å². The van der Waals surface area contributed by atoms with Gasteiger partial charge in [0.25, 0.3) is 11.6 Å². The standard InChI is InChI=1S/C15H17N3O3S/c1-11-5-6-13(18(20)21)12(10-11)15(19)17-7-3-2-4-14-16-8-9-22-14/h5-6,8-10H,2-4,7H2,1H3,(H,17,19). The average Bonchev–Trinajstić information content (AvgIpc) is 2.99. The molecule has 0 atom stereocenters. The van der Waals surface area contributed by atoms with Crippen molar-refractivity contribution < 1.29 is 9.72 Å². The van der Waals surface area contributed by atoms with E-state index in [1.165, 1.54) is 6.07 Å². The number of nitro benzene ring substituents is 1. The minimum atomic E-state index is -0.531. The van der Waals surface area contributed by atoms with Gasteiger partial charge in [0.05, 0.1) is 9.93 Å². The zero-order valence-corrected chi connectivity index (χ0v) is 13.1. The monoisotopic (exact) mass is 319 g/mol. The average molecular weight is 319 g/mol. The quantitative estimate of drug-likeness (QED) is 0.483. The Hall–Kier alpha value is -2.28. The van der Waals surface area contributed by atoms with Crippen molar-refractivity contribution in [1.82, 2.24) is 10.3 Å². The lowest BCUT2D eigenvalue weighted by molar-refractivity contribution is -0.385. The summed E-state index contributed by atoms with van der Waals surface area (Å²) in [4.78, 5) is 26.7. The van der Waals surface area contributed by atoms with E-state index in [1.54, 1.807) is 36.6 Å². The van der Waals surface area contributed by atoms with Crippen LogP contribution in [0.2, 0.25) is 0 Å². The van der Waals surface area contributed by atoms with E-state index in [4.69, 9.17) is 0 Å². The van der Waals surface area contributed by atoms with E-state index in [0.717, 1.165) is 29.8 Å². The molecular formula is C15H17N3O3S. The van der Waals surface area contributed by atoms with Gasteiger partial charge in [-0.1, -0.05) is 6.07 Å². The number of benzene rings is 1. The zero-order chi connectivity index (χ0) is 15.9. The fourth-order valence-electron chi connectivity index (χ4n) is 2.07. The van der Waals surface area contributed by atoms with Crippen molar-refractivity contribution >= 4 is 22.9 Å². The molecule has 1 heterocycles. The van der Waals surface area contributed by atoms with E-state index >= 15 is 0 Å². The number of rotatable bonds is 7. The highest BCUT2D eigenvalue weighted by atomic mass is 32.1. The van der Waals surface area contributed by atoms with Crippen molar-refractivity contribution in [1.29, 1.82) is 0 Å². The van der Waals surface area contributed by atoms with E-state index in [-0.39, 0.29) is 11.3 Å². The summed E-state index contributed by atoms with van der Waals surface area (Å²) >= 11 is 1.62. The van der Waals surface area contributed by atoms with E-state index in [0.29, 0.717) is 6.54 Å². The molecule has 6 nitrogen and oxygen atoms in total. The molecule has 2 rings (SSSR count). The summed E-state index contributed by atoms with van der Waals surface area (Å²) in [5.41, 5.74) is 0.773. The summed E-state index contributed by atoms with van der Waals surface area (Å²) in [6.45, 7) is 2.30. The Morgan fingerprint density at radius 2 is 2.23 bits per heavy atom. The van der Waals surface area contributed by atoms with Gasteiger partial charge < -0.3 is 5.32 Å². The van der Waals surface area contributed by atoms with Gasteiger partial charge in [0.2, 0.25) is 0 Å². The number of hydrogen-bond acceptors (Lipinski definition) is 5. The van der Waals surface area contributed by atoms with Gasteiger partial charge in [0.15, 0.2) is 0 Å². The minimum absolute atomic E-state index is 0.116. The number of aryl methyl sites for hydroxylation is 2. The Balaban J connectivity index is 1.84. The molecule has 0 spiro atoms. The second kappa shape index (κ2) is 7.65. The van der Waals surface area contributed by atoms with Crippen LogP contribution in [0.5, 0.6) is 0 Å². The molecule has 22 heavy (non-hydrogen) atoms. The van der Waals surface area contributed by atoms with Crippen molar-refractivity contribution in [2.75, 3.05) is 6.54 Å². The summed E-state index contributed by atoms with van der Waals surface area (Å²) in [5.74, 6) is -0.398. The van der Waals surface area contributed by atoms with Gasteiger partial charge in [-0.2, -0.15) is 0 Å². The van der Waals surface area contributed by atoms with Gasteiger partial charge in [-0.3, -0.25) is 14.9 Å². The first kappa shape index (κ1) is 16.1. The third-order valence-corrected chi connectivity index (χ3v) is 4.02. The van der Waals surface area contributed by atoms with Gasteiger partial charge >= 0.3 is 0 Å². The lowest BCUT2D eigenvalue weighted by Gasteiger charge is -2.06. The Kier molecular flexibility index (Phi) is 5.60. The number of amides is 1. The fraction of sp³-hybridized carbons (Fsp3) is 0.333. The van der Waals surface area contributed by atoms with Gasteiger partial charge in [0, 0.05) is 24.2 Å². The predicted octanol–water partition coefficient (Wildman–Crippen LogP) is 3.11. The van der Waals surface area contributed by atoms with Crippen molar-refractivity contribution in [2.45, 2.75) is 26.2 Å². The van der Waals surface area contributed by atoms with Crippen LogP contribution in [0.15, 0.2) is 29.8 Å². The number of nitrogens with zero attached hydrogens (tertiary/aromatic N) is 2. The van der Waals surface area contributed by atoms with Crippen LogP contribution in [0.25, 0.3) is 0 Å². The van der Waals surface area contributed by atoms with E-state index in [2.05, 4.69) is 10.3 Å². The SMILES string of the molecule is Cc1ccc([N+](=O)[O-])c(C(=O)NCCCCc2nccs2)c1. The molecule has 2 aromatic rings. The maximum Gasteiger partial charge on any atom is 0.282 e. The molecule has 0 unspecified atom stereocenters. The van der Waals surface area contributed by atoms with Crippen LogP contribution >= 0.6 is 11.3 Å². The van der Waals surface area contributed by atoms with Crippen molar-refractivity contribution in [3.63, 3.8) is 0 Å². The molecule has 1 N–H and O–H groups in total. The summed E-state index contributed by atoms with van der Waals surface area (Å²) in [5, 5.41) is 16.7. The van der Waals surface area contributed by atoms with Crippen LogP contribution < -0.4 is 5.32 Å².